The van der Waals surface area contributed by atoms with Crippen LogP contribution in [0, 0.1) is 11.7 Å². The fourth-order valence-electron chi connectivity index (χ4n) is 2.43. The molecule has 114 valence electrons. The van der Waals surface area contributed by atoms with Crippen molar-refractivity contribution in [3.05, 3.63) is 48.3 Å². The maximum atomic E-state index is 12.9. The zero-order valence-electron chi connectivity index (χ0n) is 11.8. The van der Waals surface area contributed by atoms with Crippen LogP contribution in [0.4, 0.5) is 10.2 Å². The quantitative estimate of drug-likeness (QED) is 0.941. The first-order valence-electron chi connectivity index (χ1n) is 7.00. The van der Waals surface area contributed by atoms with E-state index in [1.54, 1.807) is 12.1 Å². The van der Waals surface area contributed by atoms with E-state index in [-0.39, 0.29) is 11.7 Å². The highest BCUT2D eigenvalue weighted by atomic mass is 19.1. The van der Waals surface area contributed by atoms with E-state index in [1.165, 1.54) is 24.3 Å². The summed E-state index contributed by atoms with van der Waals surface area (Å²) in [6.07, 6.45) is 0.611. The summed E-state index contributed by atoms with van der Waals surface area (Å²) in [4.78, 5) is 17.3. The van der Waals surface area contributed by atoms with Gasteiger partial charge in [0.05, 0.1) is 5.92 Å². The summed E-state index contributed by atoms with van der Waals surface area (Å²) in [6, 6.07) is 11.0. The molecule has 1 aliphatic heterocycles. The van der Waals surface area contributed by atoms with Crippen LogP contribution in [0.25, 0.3) is 0 Å². The van der Waals surface area contributed by atoms with Gasteiger partial charge < -0.3 is 14.7 Å². The SMILES string of the molecule is O=C(O)[C@@H]1CCN(c2cccc(Oc3ccc(F)cc3)n2)C1. The second-order valence-electron chi connectivity index (χ2n) is 5.16. The lowest BCUT2D eigenvalue weighted by Crippen LogP contribution is -2.23. The van der Waals surface area contributed by atoms with E-state index in [4.69, 9.17) is 9.84 Å². The lowest BCUT2D eigenvalue weighted by Gasteiger charge is -2.17. The fourth-order valence-corrected chi connectivity index (χ4v) is 2.43. The largest absolute Gasteiger partial charge is 0.481 e. The Kier molecular flexibility index (Phi) is 3.91. The minimum Gasteiger partial charge on any atom is -0.481 e. The summed E-state index contributed by atoms with van der Waals surface area (Å²) < 4.78 is 18.5. The smallest absolute Gasteiger partial charge is 0.308 e. The zero-order chi connectivity index (χ0) is 15.5. The van der Waals surface area contributed by atoms with Gasteiger partial charge in [-0.15, -0.1) is 0 Å². The monoisotopic (exact) mass is 302 g/mol. The molecule has 1 aliphatic rings. The second kappa shape index (κ2) is 6.01. The highest BCUT2D eigenvalue weighted by Crippen LogP contribution is 2.26. The maximum Gasteiger partial charge on any atom is 0.308 e. The van der Waals surface area contributed by atoms with Crippen molar-refractivity contribution < 1.29 is 19.0 Å². The Morgan fingerprint density at radius 3 is 2.73 bits per heavy atom. The normalized spacial score (nSPS) is 17.5. The number of carboxylic acids is 1. The number of anilines is 1. The van der Waals surface area contributed by atoms with Crippen LogP contribution in [-0.2, 0) is 4.79 Å². The Balaban J connectivity index is 1.73. The van der Waals surface area contributed by atoms with Crippen molar-refractivity contribution in [2.24, 2.45) is 5.92 Å². The minimum atomic E-state index is -0.777. The minimum absolute atomic E-state index is 0.328. The van der Waals surface area contributed by atoms with Gasteiger partial charge in [-0.3, -0.25) is 4.79 Å². The van der Waals surface area contributed by atoms with E-state index in [9.17, 15) is 9.18 Å². The van der Waals surface area contributed by atoms with Crippen LogP contribution < -0.4 is 9.64 Å². The molecule has 1 fully saturated rings. The van der Waals surface area contributed by atoms with E-state index < -0.39 is 5.97 Å². The number of aromatic nitrogens is 1. The van der Waals surface area contributed by atoms with Gasteiger partial charge in [0, 0.05) is 19.2 Å². The average molecular weight is 302 g/mol. The highest BCUT2D eigenvalue weighted by molar-refractivity contribution is 5.71. The van der Waals surface area contributed by atoms with Gasteiger partial charge in [-0.05, 0) is 36.8 Å². The third-order valence-corrected chi connectivity index (χ3v) is 3.61. The van der Waals surface area contributed by atoms with Crippen molar-refractivity contribution in [1.82, 2.24) is 4.98 Å². The Hall–Kier alpha value is -2.63. The van der Waals surface area contributed by atoms with Crippen molar-refractivity contribution in [2.75, 3.05) is 18.0 Å². The maximum absolute atomic E-state index is 12.9. The van der Waals surface area contributed by atoms with Crippen molar-refractivity contribution in [3.63, 3.8) is 0 Å². The highest BCUT2D eigenvalue weighted by Gasteiger charge is 2.28. The molecule has 0 unspecified atom stereocenters. The molecule has 1 atom stereocenters. The van der Waals surface area contributed by atoms with Crippen LogP contribution in [0.3, 0.4) is 0 Å². The lowest BCUT2D eigenvalue weighted by atomic mass is 10.1. The number of carboxylic acid groups (broad SMARTS) is 1. The molecule has 2 heterocycles. The molecule has 2 aromatic rings. The molecular formula is C16H15FN2O3. The number of aliphatic carboxylic acids is 1. The summed E-state index contributed by atoms with van der Waals surface area (Å²) in [5.74, 6) is 0.109. The molecule has 5 nitrogen and oxygen atoms in total. The number of pyridine rings is 1. The van der Waals surface area contributed by atoms with E-state index in [0.717, 1.165) is 0 Å². The van der Waals surface area contributed by atoms with Crippen LogP contribution >= 0.6 is 0 Å². The number of rotatable bonds is 4. The molecule has 1 N–H and O–H groups in total. The van der Waals surface area contributed by atoms with Gasteiger partial charge in [0.1, 0.15) is 17.4 Å². The van der Waals surface area contributed by atoms with Crippen molar-refractivity contribution in [2.45, 2.75) is 6.42 Å². The van der Waals surface area contributed by atoms with Gasteiger partial charge in [0.15, 0.2) is 0 Å². The summed E-state index contributed by atoms with van der Waals surface area (Å²) in [5, 5.41) is 9.05. The van der Waals surface area contributed by atoms with Gasteiger partial charge in [0.25, 0.3) is 0 Å². The van der Waals surface area contributed by atoms with Crippen LogP contribution in [-0.4, -0.2) is 29.1 Å². The number of ether oxygens (including phenoxy) is 1. The summed E-state index contributed by atoms with van der Waals surface area (Å²) in [7, 11) is 0. The average Bonchev–Trinajstić information content (AvgIpc) is 3.00. The molecule has 3 rings (SSSR count). The molecule has 0 saturated carbocycles. The molecule has 22 heavy (non-hydrogen) atoms. The topological polar surface area (TPSA) is 62.7 Å². The molecule has 6 heteroatoms. The Morgan fingerprint density at radius 2 is 2.05 bits per heavy atom. The summed E-state index contributed by atoms with van der Waals surface area (Å²) >= 11 is 0. The summed E-state index contributed by atoms with van der Waals surface area (Å²) in [5.41, 5.74) is 0. The predicted octanol–water partition coefficient (Wildman–Crippen LogP) is 2.92. The molecule has 0 spiro atoms. The number of carbonyl (C=O) groups is 1. The zero-order valence-corrected chi connectivity index (χ0v) is 11.8. The second-order valence-corrected chi connectivity index (χ2v) is 5.16. The molecule has 0 radical (unpaired) electrons. The lowest BCUT2D eigenvalue weighted by molar-refractivity contribution is -0.140. The van der Waals surface area contributed by atoms with Crippen LogP contribution in [0.1, 0.15) is 6.42 Å². The van der Waals surface area contributed by atoms with Crippen molar-refractivity contribution in [1.29, 1.82) is 0 Å². The number of hydrogen-bond donors (Lipinski definition) is 1. The fraction of sp³-hybridized carbons (Fsp3) is 0.250. The van der Waals surface area contributed by atoms with Crippen molar-refractivity contribution in [3.8, 4) is 11.6 Å². The number of benzene rings is 1. The molecule has 0 aliphatic carbocycles. The van der Waals surface area contributed by atoms with Gasteiger partial charge >= 0.3 is 5.97 Å². The molecule has 1 aromatic carbocycles. The van der Waals surface area contributed by atoms with Gasteiger partial charge in [-0.1, -0.05) is 6.07 Å². The van der Waals surface area contributed by atoms with E-state index in [1.807, 2.05) is 11.0 Å². The Morgan fingerprint density at radius 1 is 1.27 bits per heavy atom. The molecular weight excluding hydrogens is 287 g/mol. The van der Waals surface area contributed by atoms with Gasteiger partial charge in [-0.25, -0.2) is 4.39 Å². The van der Waals surface area contributed by atoms with Gasteiger partial charge in [-0.2, -0.15) is 4.98 Å². The third-order valence-electron chi connectivity index (χ3n) is 3.61. The van der Waals surface area contributed by atoms with Crippen LogP contribution in [0.2, 0.25) is 0 Å². The predicted molar refractivity (Wildman–Crippen MR) is 78.7 cm³/mol. The van der Waals surface area contributed by atoms with Crippen molar-refractivity contribution >= 4 is 11.8 Å². The number of hydrogen-bond acceptors (Lipinski definition) is 4. The first-order valence-corrected chi connectivity index (χ1v) is 7.00. The molecule has 1 aromatic heterocycles. The standard InChI is InChI=1S/C16H15FN2O3/c17-12-4-6-13(7-5-12)22-15-3-1-2-14(18-15)19-9-8-11(10-19)16(20)21/h1-7,11H,8-10H2,(H,20,21)/t11-/m1/s1. The Labute approximate surface area is 127 Å². The molecule has 0 bridgehead atoms. The van der Waals surface area contributed by atoms with Crippen LogP contribution in [0.5, 0.6) is 11.6 Å². The van der Waals surface area contributed by atoms with Gasteiger partial charge in [0.2, 0.25) is 5.88 Å². The first-order chi connectivity index (χ1) is 10.6. The molecule has 0 amide bonds. The summed E-state index contributed by atoms with van der Waals surface area (Å²) in [6.45, 7) is 1.10. The number of halogens is 1. The third kappa shape index (κ3) is 3.16. The number of nitrogens with zero attached hydrogens (tertiary/aromatic N) is 2. The van der Waals surface area contributed by atoms with E-state index in [0.29, 0.717) is 37.0 Å². The Bertz CT molecular complexity index is 675. The molecule has 1 saturated heterocycles. The first kappa shape index (κ1) is 14.3. The van der Waals surface area contributed by atoms with Crippen LogP contribution in [0.15, 0.2) is 42.5 Å². The van der Waals surface area contributed by atoms with E-state index >= 15 is 0 Å². The van der Waals surface area contributed by atoms with E-state index in [2.05, 4.69) is 4.98 Å².